The van der Waals surface area contributed by atoms with Crippen molar-refractivity contribution in [1.82, 2.24) is 0 Å². The predicted molar refractivity (Wildman–Crippen MR) is 87.3 cm³/mol. The summed E-state index contributed by atoms with van der Waals surface area (Å²) in [4.78, 5) is 0. The van der Waals surface area contributed by atoms with Crippen molar-refractivity contribution >= 4 is 26.7 Å². The van der Waals surface area contributed by atoms with E-state index in [1.165, 1.54) is 16.3 Å². The standard InChI is InChI=1S/C18H15BrO/c19-18-16-9-5-4-8-15(16)10-11-17(18)20-13-12-14-6-2-1-3-7-14/h1-11H,12-13H2. The largest absolute Gasteiger partial charge is 0.492 e. The van der Waals surface area contributed by atoms with Crippen molar-refractivity contribution in [3.63, 3.8) is 0 Å². The third-order valence-corrected chi connectivity index (χ3v) is 4.14. The van der Waals surface area contributed by atoms with E-state index >= 15 is 0 Å². The quantitative estimate of drug-likeness (QED) is 0.638. The van der Waals surface area contributed by atoms with Gasteiger partial charge in [0.1, 0.15) is 5.75 Å². The zero-order valence-electron chi connectivity index (χ0n) is 11.1. The zero-order valence-corrected chi connectivity index (χ0v) is 12.6. The van der Waals surface area contributed by atoms with Crippen molar-refractivity contribution in [1.29, 1.82) is 0 Å². The van der Waals surface area contributed by atoms with Crippen LogP contribution in [0.2, 0.25) is 0 Å². The molecule has 100 valence electrons. The molecule has 0 saturated carbocycles. The topological polar surface area (TPSA) is 9.23 Å². The van der Waals surface area contributed by atoms with Crippen LogP contribution in [0.3, 0.4) is 0 Å². The number of rotatable bonds is 4. The van der Waals surface area contributed by atoms with Gasteiger partial charge in [0.2, 0.25) is 0 Å². The van der Waals surface area contributed by atoms with E-state index < -0.39 is 0 Å². The lowest BCUT2D eigenvalue weighted by molar-refractivity contribution is 0.320. The number of halogens is 1. The maximum Gasteiger partial charge on any atom is 0.134 e. The van der Waals surface area contributed by atoms with Crippen molar-refractivity contribution < 1.29 is 4.74 Å². The number of ether oxygens (including phenoxy) is 1. The van der Waals surface area contributed by atoms with E-state index in [1.54, 1.807) is 0 Å². The summed E-state index contributed by atoms with van der Waals surface area (Å²) >= 11 is 3.64. The highest BCUT2D eigenvalue weighted by molar-refractivity contribution is 9.10. The molecule has 3 aromatic rings. The summed E-state index contributed by atoms with van der Waals surface area (Å²) in [5, 5.41) is 2.40. The molecule has 0 aliphatic rings. The third-order valence-electron chi connectivity index (χ3n) is 3.32. The first kappa shape index (κ1) is 13.2. The Morgan fingerprint density at radius 1 is 0.800 bits per heavy atom. The van der Waals surface area contributed by atoms with Gasteiger partial charge in [0.25, 0.3) is 0 Å². The van der Waals surface area contributed by atoms with E-state index in [4.69, 9.17) is 4.74 Å². The van der Waals surface area contributed by atoms with Gasteiger partial charge in [-0.15, -0.1) is 0 Å². The lowest BCUT2D eigenvalue weighted by Gasteiger charge is -2.10. The summed E-state index contributed by atoms with van der Waals surface area (Å²) in [5.74, 6) is 0.902. The summed E-state index contributed by atoms with van der Waals surface area (Å²) in [7, 11) is 0. The van der Waals surface area contributed by atoms with Gasteiger partial charge >= 0.3 is 0 Å². The van der Waals surface area contributed by atoms with Crippen molar-refractivity contribution in [2.24, 2.45) is 0 Å². The van der Waals surface area contributed by atoms with E-state index in [9.17, 15) is 0 Å². The summed E-state index contributed by atoms with van der Waals surface area (Å²) < 4.78 is 6.93. The molecule has 0 aromatic heterocycles. The lowest BCUT2D eigenvalue weighted by Crippen LogP contribution is -2.01. The second-order valence-corrected chi connectivity index (χ2v) is 5.48. The molecule has 0 saturated heterocycles. The first-order chi connectivity index (χ1) is 9.84. The summed E-state index contributed by atoms with van der Waals surface area (Å²) in [6.45, 7) is 0.682. The van der Waals surface area contributed by atoms with Gasteiger partial charge in [-0.3, -0.25) is 0 Å². The second kappa shape index (κ2) is 6.10. The first-order valence-corrected chi connectivity index (χ1v) is 7.48. The Labute approximate surface area is 127 Å². The third kappa shape index (κ3) is 2.86. The SMILES string of the molecule is Brc1c(OCCc2ccccc2)ccc2ccccc12. The van der Waals surface area contributed by atoms with E-state index in [0.717, 1.165) is 16.6 Å². The Hall–Kier alpha value is -1.80. The summed E-state index contributed by atoms with van der Waals surface area (Å²) in [6, 6.07) is 22.8. The highest BCUT2D eigenvalue weighted by atomic mass is 79.9. The van der Waals surface area contributed by atoms with Crippen LogP contribution in [0.1, 0.15) is 5.56 Å². The summed E-state index contributed by atoms with van der Waals surface area (Å²) in [6.07, 6.45) is 0.917. The minimum absolute atomic E-state index is 0.682. The molecule has 20 heavy (non-hydrogen) atoms. The van der Waals surface area contributed by atoms with Crippen molar-refractivity contribution in [3.05, 3.63) is 76.8 Å². The summed E-state index contributed by atoms with van der Waals surface area (Å²) in [5.41, 5.74) is 1.30. The Bertz CT molecular complexity index is 707. The first-order valence-electron chi connectivity index (χ1n) is 6.68. The van der Waals surface area contributed by atoms with Gasteiger partial charge in [-0.1, -0.05) is 60.7 Å². The fraction of sp³-hybridized carbons (Fsp3) is 0.111. The normalized spacial score (nSPS) is 10.7. The monoisotopic (exact) mass is 326 g/mol. The van der Waals surface area contributed by atoms with E-state index in [2.05, 4.69) is 58.4 Å². The molecule has 1 nitrogen and oxygen atoms in total. The maximum atomic E-state index is 5.90. The van der Waals surface area contributed by atoms with E-state index in [-0.39, 0.29) is 0 Å². The minimum atomic E-state index is 0.682. The van der Waals surface area contributed by atoms with E-state index in [1.807, 2.05) is 24.3 Å². The molecule has 0 atom stereocenters. The number of fused-ring (bicyclic) bond motifs is 1. The van der Waals surface area contributed by atoms with Crippen LogP contribution in [0.4, 0.5) is 0 Å². The molecule has 0 amide bonds. The van der Waals surface area contributed by atoms with Crippen LogP contribution in [-0.4, -0.2) is 6.61 Å². The van der Waals surface area contributed by atoms with Crippen molar-refractivity contribution in [2.75, 3.05) is 6.61 Å². The Kier molecular flexibility index (Phi) is 4.03. The molecule has 0 aliphatic heterocycles. The molecular formula is C18H15BrO. The number of hydrogen-bond acceptors (Lipinski definition) is 1. The molecule has 0 aliphatic carbocycles. The van der Waals surface area contributed by atoms with Crippen LogP contribution in [0.25, 0.3) is 10.8 Å². The van der Waals surface area contributed by atoms with Gasteiger partial charge in [-0.2, -0.15) is 0 Å². The molecule has 0 unspecified atom stereocenters. The Balaban J connectivity index is 1.73. The van der Waals surface area contributed by atoms with Crippen LogP contribution in [0.5, 0.6) is 5.75 Å². The smallest absolute Gasteiger partial charge is 0.134 e. The molecule has 0 spiro atoms. The molecular weight excluding hydrogens is 312 g/mol. The van der Waals surface area contributed by atoms with Gasteiger partial charge < -0.3 is 4.74 Å². The van der Waals surface area contributed by atoms with Gasteiger partial charge in [0.05, 0.1) is 11.1 Å². The predicted octanol–water partition coefficient (Wildman–Crippen LogP) is 5.22. The molecule has 2 heteroatoms. The second-order valence-electron chi connectivity index (χ2n) is 4.68. The van der Waals surface area contributed by atoms with Crippen LogP contribution in [0, 0.1) is 0 Å². The van der Waals surface area contributed by atoms with Gasteiger partial charge in [0, 0.05) is 6.42 Å². The Morgan fingerprint density at radius 3 is 2.40 bits per heavy atom. The minimum Gasteiger partial charge on any atom is -0.492 e. The molecule has 0 heterocycles. The van der Waals surface area contributed by atoms with Crippen LogP contribution in [-0.2, 0) is 6.42 Å². The molecule has 0 fully saturated rings. The van der Waals surface area contributed by atoms with Gasteiger partial charge in [0.15, 0.2) is 0 Å². The zero-order chi connectivity index (χ0) is 13.8. The van der Waals surface area contributed by atoms with Gasteiger partial charge in [-0.25, -0.2) is 0 Å². The molecule has 0 radical (unpaired) electrons. The fourth-order valence-corrected chi connectivity index (χ4v) is 2.86. The average molecular weight is 327 g/mol. The lowest BCUT2D eigenvalue weighted by atomic mass is 10.1. The fourth-order valence-electron chi connectivity index (χ4n) is 2.25. The molecule has 0 bridgehead atoms. The van der Waals surface area contributed by atoms with Crippen molar-refractivity contribution in [2.45, 2.75) is 6.42 Å². The molecule has 3 rings (SSSR count). The van der Waals surface area contributed by atoms with Crippen LogP contribution >= 0.6 is 15.9 Å². The molecule has 3 aromatic carbocycles. The molecule has 0 N–H and O–H groups in total. The number of hydrogen-bond donors (Lipinski definition) is 0. The van der Waals surface area contributed by atoms with E-state index in [0.29, 0.717) is 6.61 Å². The van der Waals surface area contributed by atoms with Crippen molar-refractivity contribution in [3.8, 4) is 5.75 Å². The average Bonchev–Trinajstić information content (AvgIpc) is 2.51. The van der Waals surface area contributed by atoms with Crippen LogP contribution < -0.4 is 4.74 Å². The maximum absolute atomic E-state index is 5.90. The number of benzene rings is 3. The highest BCUT2D eigenvalue weighted by Gasteiger charge is 2.05. The highest BCUT2D eigenvalue weighted by Crippen LogP contribution is 2.33. The Morgan fingerprint density at radius 2 is 1.55 bits per heavy atom. The van der Waals surface area contributed by atoms with Gasteiger partial charge in [-0.05, 0) is 38.3 Å². The van der Waals surface area contributed by atoms with Crippen LogP contribution in [0.15, 0.2) is 71.2 Å².